The molecule has 0 bridgehead atoms. The molecule has 0 spiro atoms. The molecular weight excluding hydrogens is 312 g/mol. The maximum Gasteiger partial charge on any atom is 0.407 e. The number of nitrogens with one attached hydrogen (secondary N) is 2. The monoisotopic (exact) mass is 334 g/mol. The summed E-state index contributed by atoms with van der Waals surface area (Å²) in [6.45, 7) is 6.40. The highest BCUT2D eigenvalue weighted by Gasteiger charge is 2.36. The van der Waals surface area contributed by atoms with Gasteiger partial charge in [-0.2, -0.15) is 0 Å². The second-order valence-electron chi connectivity index (χ2n) is 6.91. The van der Waals surface area contributed by atoms with Gasteiger partial charge in [0.15, 0.2) is 11.5 Å². The average Bonchev–Trinajstić information content (AvgIpc) is 2.85. The number of hydrogen-bond donors (Lipinski definition) is 2. The smallest absolute Gasteiger partial charge is 0.407 e. The van der Waals surface area contributed by atoms with Gasteiger partial charge >= 0.3 is 6.09 Å². The van der Waals surface area contributed by atoms with E-state index in [9.17, 15) is 9.59 Å². The third-order valence-electron chi connectivity index (χ3n) is 3.75. The van der Waals surface area contributed by atoms with Gasteiger partial charge in [0.05, 0.1) is 12.1 Å². The van der Waals surface area contributed by atoms with E-state index in [2.05, 4.69) is 10.6 Å². The number of carbonyl (C=O) groups is 2. The van der Waals surface area contributed by atoms with Crippen molar-refractivity contribution in [3.05, 3.63) is 23.8 Å². The Kier molecular flexibility index (Phi) is 4.26. The highest BCUT2D eigenvalue weighted by Crippen LogP contribution is 2.35. The van der Waals surface area contributed by atoms with Crippen LogP contribution in [0.25, 0.3) is 0 Å². The molecular formula is C17H22N2O5. The van der Waals surface area contributed by atoms with Crippen molar-refractivity contribution in [1.82, 2.24) is 10.6 Å². The Labute approximate surface area is 140 Å². The fraction of sp³-hybridized carbons (Fsp3) is 0.529. The predicted octanol–water partition coefficient (Wildman–Crippen LogP) is 1.91. The number of alkyl carbamates (subject to hydrolysis) is 1. The largest absolute Gasteiger partial charge is 0.486 e. The molecule has 0 radical (unpaired) electrons. The average molecular weight is 334 g/mol. The molecule has 1 aromatic carbocycles. The second-order valence-corrected chi connectivity index (χ2v) is 6.91. The van der Waals surface area contributed by atoms with E-state index in [1.165, 1.54) is 0 Å². The molecule has 7 heteroatoms. The standard InChI is InChI=1S/C17H22N2O5/c1-17(2,3)24-16(21)18-11-9-14(20)19-15(11)10-4-5-12-13(8-10)23-7-6-22-12/h4-5,8,11,15H,6-7,9H2,1-3H3,(H,18,21)(H,19,20)/t11?,15-/m1/s1. The molecule has 1 saturated heterocycles. The fourth-order valence-corrected chi connectivity index (χ4v) is 2.81. The summed E-state index contributed by atoms with van der Waals surface area (Å²) in [7, 11) is 0. The van der Waals surface area contributed by atoms with Gasteiger partial charge in [0, 0.05) is 6.42 Å². The van der Waals surface area contributed by atoms with E-state index in [-0.39, 0.29) is 24.4 Å². The van der Waals surface area contributed by atoms with Crippen LogP contribution in [0.4, 0.5) is 4.79 Å². The van der Waals surface area contributed by atoms with Gasteiger partial charge in [-0.15, -0.1) is 0 Å². The minimum Gasteiger partial charge on any atom is -0.486 e. The molecule has 2 heterocycles. The number of carbonyl (C=O) groups excluding carboxylic acids is 2. The maximum atomic E-state index is 12.0. The van der Waals surface area contributed by atoms with Crippen molar-refractivity contribution in [3.63, 3.8) is 0 Å². The van der Waals surface area contributed by atoms with E-state index < -0.39 is 11.7 Å². The number of benzene rings is 1. The summed E-state index contributed by atoms with van der Waals surface area (Å²) in [5.41, 5.74) is 0.262. The molecule has 2 aliphatic heterocycles. The first-order valence-electron chi connectivity index (χ1n) is 8.00. The van der Waals surface area contributed by atoms with Crippen LogP contribution in [0.15, 0.2) is 18.2 Å². The number of ether oxygens (including phenoxy) is 3. The minimum atomic E-state index is -0.591. The van der Waals surface area contributed by atoms with Gasteiger partial charge < -0.3 is 24.8 Å². The lowest BCUT2D eigenvalue weighted by Crippen LogP contribution is -2.41. The van der Waals surface area contributed by atoms with Crippen molar-refractivity contribution >= 4 is 12.0 Å². The zero-order valence-electron chi connectivity index (χ0n) is 14.0. The molecule has 1 unspecified atom stereocenters. The summed E-state index contributed by atoms with van der Waals surface area (Å²) >= 11 is 0. The van der Waals surface area contributed by atoms with Crippen LogP contribution >= 0.6 is 0 Å². The maximum absolute atomic E-state index is 12.0. The quantitative estimate of drug-likeness (QED) is 0.863. The Balaban J connectivity index is 1.75. The second kappa shape index (κ2) is 6.22. The lowest BCUT2D eigenvalue weighted by atomic mass is 10.0. The van der Waals surface area contributed by atoms with Crippen LogP contribution in [0.1, 0.15) is 38.8 Å². The fourth-order valence-electron chi connectivity index (χ4n) is 2.81. The molecule has 130 valence electrons. The predicted molar refractivity (Wildman–Crippen MR) is 86.1 cm³/mol. The van der Waals surface area contributed by atoms with Gasteiger partial charge in [0.2, 0.25) is 5.91 Å². The van der Waals surface area contributed by atoms with E-state index in [4.69, 9.17) is 14.2 Å². The molecule has 3 rings (SSSR count). The van der Waals surface area contributed by atoms with Crippen LogP contribution in [0.5, 0.6) is 11.5 Å². The van der Waals surface area contributed by atoms with Crippen molar-refractivity contribution in [2.75, 3.05) is 13.2 Å². The summed E-state index contributed by atoms with van der Waals surface area (Å²) < 4.78 is 16.4. The molecule has 1 fully saturated rings. The van der Waals surface area contributed by atoms with Gasteiger partial charge in [-0.25, -0.2) is 4.79 Å². The number of fused-ring (bicyclic) bond motifs is 1. The van der Waals surface area contributed by atoms with E-state index in [0.717, 1.165) is 5.56 Å². The Morgan fingerprint density at radius 1 is 1.25 bits per heavy atom. The number of hydrogen-bond acceptors (Lipinski definition) is 5. The van der Waals surface area contributed by atoms with Gasteiger partial charge in [-0.1, -0.05) is 6.07 Å². The molecule has 0 aliphatic carbocycles. The van der Waals surface area contributed by atoms with Crippen molar-refractivity contribution in [3.8, 4) is 11.5 Å². The molecule has 2 aliphatic rings. The van der Waals surface area contributed by atoms with Gasteiger partial charge in [0.25, 0.3) is 0 Å². The van der Waals surface area contributed by atoms with Gasteiger partial charge in [-0.3, -0.25) is 4.79 Å². The molecule has 24 heavy (non-hydrogen) atoms. The van der Waals surface area contributed by atoms with E-state index in [1.807, 2.05) is 18.2 Å². The van der Waals surface area contributed by atoms with Crippen LogP contribution in [0, 0.1) is 0 Å². The molecule has 1 aromatic rings. The zero-order valence-corrected chi connectivity index (χ0v) is 14.0. The molecule has 2 N–H and O–H groups in total. The first-order chi connectivity index (χ1) is 11.3. The number of amides is 2. The first kappa shape index (κ1) is 16.4. The molecule has 2 atom stereocenters. The SMILES string of the molecule is CC(C)(C)OC(=O)NC1CC(=O)N[C@@H]1c1ccc2c(c1)OCCO2. The Hall–Kier alpha value is -2.44. The lowest BCUT2D eigenvalue weighted by molar-refractivity contribution is -0.119. The third kappa shape index (κ3) is 3.72. The molecule has 2 amide bonds. The zero-order chi connectivity index (χ0) is 17.3. The molecule has 0 saturated carbocycles. The first-order valence-corrected chi connectivity index (χ1v) is 8.00. The third-order valence-corrected chi connectivity index (χ3v) is 3.75. The molecule has 7 nitrogen and oxygen atoms in total. The van der Waals surface area contributed by atoms with Gasteiger partial charge in [0.1, 0.15) is 18.8 Å². The van der Waals surface area contributed by atoms with Crippen LogP contribution in [0.2, 0.25) is 0 Å². The summed E-state index contributed by atoms with van der Waals surface area (Å²) in [5.74, 6) is 1.22. The summed E-state index contributed by atoms with van der Waals surface area (Å²) in [6, 6.07) is 4.82. The van der Waals surface area contributed by atoms with Crippen LogP contribution in [0.3, 0.4) is 0 Å². The Bertz CT molecular complexity index is 653. The van der Waals surface area contributed by atoms with E-state index in [1.54, 1.807) is 20.8 Å². The van der Waals surface area contributed by atoms with Crippen LogP contribution in [-0.4, -0.2) is 36.9 Å². The lowest BCUT2D eigenvalue weighted by Gasteiger charge is -2.25. The highest BCUT2D eigenvalue weighted by atomic mass is 16.6. The Morgan fingerprint density at radius 2 is 1.96 bits per heavy atom. The summed E-state index contributed by atoms with van der Waals surface area (Å²) in [4.78, 5) is 23.8. The van der Waals surface area contributed by atoms with Gasteiger partial charge in [-0.05, 0) is 38.5 Å². The number of rotatable bonds is 2. The normalized spacial score (nSPS) is 22.7. The Morgan fingerprint density at radius 3 is 2.67 bits per heavy atom. The van der Waals surface area contributed by atoms with Crippen LogP contribution in [-0.2, 0) is 9.53 Å². The molecule has 0 aromatic heterocycles. The topological polar surface area (TPSA) is 85.9 Å². The van der Waals surface area contributed by atoms with Crippen molar-refractivity contribution in [2.45, 2.75) is 44.9 Å². The van der Waals surface area contributed by atoms with Crippen molar-refractivity contribution < 1.29 is 23.8 Å². The van der Waals surface area contributed by atoms with E-state index in [0.29, 0.717) is 24.7 Å². The summed E-state index contributed by atoms with van der Waals surface area (Å²) in [5, 5.41) is 5.67. The van der Waals surface area contributed by atoms with E-state index >= 15 is 0 Å². The van der Waals surface area contributed by atoms with Crippen molar-refractivity contribution in [2.24, 2.45) is 0 Å². The summed E-state index contributed by atoms with van der Waals surface area (Å²) in [6.07, 6.45) is -0.329. The van der Waals surface area contributed by atoms with Crippen molar-refractivity contribution in [1.29, 1.82) is 0 Å². The highest BCUT2D eigenvalue weighted by molar-refractivity contribution is 5.81. The minimum absolute atomic E-state index is 0.115. The van der Waals surface area contributed by atoms with Crippen LogP contribution < -0.4 is 20.1 Å².